The first kappa shape index (κ1) is 64.7. The maximum Gasteiger partial charge on any atom is 0.318 e. The average molecular weight is 1280 g/mol. The smallest absolute Gasteiger partial charge is 0.318 e. The van der Waals surface area contributed by atoms with Gasteiger partial charge >= 0.3 is 12.0 Å². The van der Waals surface area contributed by atoms with E-state index in [0.29, 0.717) is 94.7 Å². The fourth-order valence-electron chi connectivity index (χ4n) is 13.2. The number of anilines is 2. The largest absolute Gasteiger partial charge is 0.462 e. The molecule has 6 aromatic rings. The van der Waals surface area contributed by atoms with Crippen molar-refractivity contribution in [1.82, 2.24) is 34.0 Å². The van der Waals surface area contributed by atoms with Gasteiger partial charge in [-0.05, 0) is 123 Å². The van der Waals surface area contributed by atoms with Gasteiger partial charge in [-0.2, -0.15) is 24.2 Å². The second-order valence-electron chi connectivity index (χ2n) is 23.7. The number of hydrogen-bond acceptors (Lipinski definition) is 16. The van der Waals surface area contributed by atoms with Crippen LogP contribution in [0.2, 0.25) is 0 Å². The molecule has 6 aliphatic rings. The summed E-state index contributed by atoms with van der Waals surface area (Å²) >= 11 is 5.02. The Morgan fingerprint density at radius 2 is 1.14 bits per heavy atom. The highest BCUT2D eigenvalue weighted by Crippen LogP contribution is 2.41. The molecule has 19 nitrogen and oxygen atoms in total. The number of alkyl halides is 1. The Morgan fingerprint density at radius 1 is 0.648 bits per heavy atom. The molecule has 6 aliphatic heterocycles. The number of likely N-dealkylation sites (N-methyl/N-ethyl adjacent to an activating group) is 2. The van der Waals surface area contributed by atoms with Gasteiger partial charge < -0.3 is 48.2 Å². The number of aromatic nitrogens is 4. The summed E-state index contributed by atoms with van der Waals surface area (Å²) in [6.45, 7) is 30.1. The Bertz CT molecular complexity index is 3780. The number of aryl methyl sites for hydroxylation is 2. The van der Waals surface area contributed by atoms with Gasteiger partial charge in [0.05, 0.1) is 42.6 Å². The van der Waals surface area contributed by atoms with Crippen molar-refractivity contribution in [2.45, 2.75) is 109 Å². The van der Waals surface area contributed by atoms with Crippen LogP contribution in [0.3, 0.4) is 0 Å². The minimum atomic E-state index is -3.67. The topological polar surface area (TPSA) is 182 Å². The molecular weight excluding hydrogens is 1200 g/mol. The van der Waals surface area contributed by atoms with Crippen LogP contribution in [0.4, 0.5) is 11.6 Å². The van der Waals surface area contributed by atoms with Crippen LogP contribution in [-0.2, 0) is 54.6 Å². The Balaban J connectivity index is 0.000000176. The van der Waals surface area contributed by atoms with Crippen LogP contribution < -0.4 is 19.3 Å². The van der Waals surface area contributed by atoms with Crippen LogP contribution in [0.5, 0.6) is 12.0 Å². The van der Waals surface area contributed by atoms with E-state index in [1.807, 2.05) is 0 Å². The number of ether oxygens (including phenoxy) is 4. The second-order valence-corrected chi connectivity index (χ2v) is 28.8. The fraction of sp³-hybridized carbons (Fsp3) is 0.508. The highest BCUT2D eigenvalue weighted by molar-refractivity contribution is 8.13. The maximum atomic E-state index is 12.7. The summed E-state index contributed by atoms with van der Waals surface area (Å²) in [5, 5.41) is 5.86. The van der Waals surface area contributed by atoms with Gasteiger partial charge in [-0.3, -0.25) is 0 Å². The molecule has 4 saturated heterocycles. The van der Waals surface area contributed by atoms with Crippen LogP contribution in [-0.4, -0.2) is 167 Å². The van der Waals surface area contributed by atoms with E-state index in [1.54, 1.807) is 0 Å². The number of nitrogens with zero attached hydrogens (tertiary/aromatic N) is 11. The van der Waals surface area contributed by atoms with Crippen molar-refractivity contribution in [3.05, 3.63) is 152 Å². The van der Waals surface area contributed by atoms with Crippen molar-refractivity contribution in [1.29, 1.82) is 0 Å². The highest BCUT2D eigenvalue weighted by atomic mass is 35.7. The lowest BCUT2D eigenvalue weighted by Crippen LogP contribution is -2.56. The van der Waals surface area contributed by atoms with E-state index in [2.05, 4.69) is 137 Å². The molecule has 6 atom stereocenters. The zero-order valence-corrected chi connectivity index (χ0v) is 53.8. The molecule has 88 heavy (non-hydrogen) atoms. The first-order chi connectivity index (χ1) is 42.4. The van der Waals surface area contributed by atoms with E-state index in [-0.39, 0.29) is 36.9 Å². The van der Waals surface area contributed by atoms with Gasteiger partial charge in [0.1, 0.15) is 30.9 Å². The molecule has 23 heteroatoms. The predicted molar refractivity (Wildman–Crippen MR) is 346 cm³/mol. The molecule has 4 fully saturated rings. The molecular formula is C65H79Cl2N11O8S2. The van der Waals surface area contributed by atoms with E-state index in [4.69, 9.17) is 74.3 Å². The number of hydrogen-bond donors (Lipinski definition) is 0. The molecule has 12 rings (SSSR count). The lowest BCUT2D eigenvalue weighted by Gasteiger charge is -2.39. The summed E-state index contributed by atoms with van der Waals surface area (Å²) in [6, 6.07) is 26.6. The summed E-state index contributed by atoms with van der Waals surface area (Å²) in [4.78, 5) is 36.1. The van der Waals surface area contributed by atoms with Crippen molar-refractivity contribution in [3.63, 3.8) is 0 Å². The van der Waals surface area contributed by atoms with Gasteiger partial charge in [-0.15, -0.1) is 11.6 Å². The van der Waals surface area contributed by atoms with E-state index < -0.39 is 25.1 Å². The molecule has 0 aliphatic carbocycles. The molecule has 2 aromatic heterocycles. The average Bonchev–Trinajstić information content (AvgIpc) is 1.36. The van der Waals surface area contributed by atoms with Crippen molar-refractivity contribution in [2.75, 3.05) is 108 Å². The second kappa shape index (κ2) is 29.1. The molecule has 0 N–H and O–H groups in total. The van der Waals surface area contributed by atoms with Crippen molar-refractivity contribution in [3.8, 4) is 12.0 Å². The fourth-order valence-corrected chi connectivity index (χ4v) is 15.6. The summed E-state index contributed by atoms with van der Waals surface area (Å²) < 4.78 is 72.2. The van der Waals surface area contributed by atoms with Crippen molar-refractivity contribution in [2.24, 2.45) is 5.92 Å². The predicted octanol–water partition coefficient (Wildman–Crippen LogP) is 10.3. The monoisotopic (exact) mass is 1280 g/mol. The molecule has 0 spiro atoms. The Hall–Kier alpha value is -6.24. The summed E-state index contributed by atoms with van der Waals surface area (Å²) in [7, 11) is 2.00. The third-order valence-corrected chi connectivity index (χ3v) is 21.0. The van der Waals surface area contributed by atoms with E-state index in [9.17, 15) is 16.8 Å². The minimum absolute atomic E-state index is 0.0488. The maximum absolute atomic E-state index is 12.7. The van der Waals surface area contributed by atoms with Gasteiger partial charge in [0, 0.05) is 96.7 Å². The number of halogens is 2. The molecule has 468 valence electrons. The summed E-state index contributed by atoms with van der Waals surface area (Å²) in [5.74, 6) is 1.91. The number of piperazine rings is 1. The van der Waals surface area contributed by atoms with E-state index in [1.165, 1.54) is 49.0 Å². The molecule has 2 unspecified atom stereocenters. The van der Waals surface area contributed by atoms with Crippen LogP contribution in [0.25, 0.3) is 31.2 Å². The molecule has 0 amide bonds. The Kier molecular flexibility index (Phi) is 21.4. The number of likely N-dealkylation sites (tertiary alicyclic amines) is 2. The normalized spacial score (nSPS) is 22.5. The molecule has 0 radical (unpaired) electrons. The third kappa shape index (κ3) is 15.3. The highest BCUT2D eigenvalue weighted by Gasteiger charge is 2.39. The van der Waals surface area contributed by atoms with Crippen LogP contribution in [0, 0.1) is 32.9 Å². The van der Waals surface area contributed by atoms with Crippen LogP contribution >= 0.6 is 22.3 Å². The SMILES string of the molecule is O=S(=O)(Cl)CCCl.[C-]#[N+]C[C@@H]1CCCN(c2nc(OC[C@@H]3CCCN3C)nc3c2COC(c2cccc4cccc(C)c24)C3)C1.[C-]#[N+]C[C@H]1CN(c2nc(OC[C@@H]3CCCN3C)nc3c2COC(c2cccc4cccc(C)c24)C3)CCN1S(=O)(=O)C=C. The van der Waals surface area contributed by atoms with E-state index >= 15 is 0 Å². The van der Waals surface area contributed by atoms with Gasteiger partial charge in [-0.1, -0.05) is 79.4 Å². The van der Waals surface area contributed by atoms with E-state index in [0.717, 1.165) is 97.6 Å². The lowest BCUT2D eigenvalue weighted by molar-refractivity contribution is 0.0263. The molecule has 4 aromatic carbocycles. The number of sulfonamides is 1. The van der Waals surface area contributed by atoms with Crippen molar-refractivity contribution < 1.29 is 35.8 Å². The summed E-state index contributed by atoms with van der Waals surface area (Å²) in [5.41, 5.74) is 8.69. The third-order valence-electron chi connectivity index (χ3n) is 17.9. The zero-order valence-electron chi connectivity index (χ0n) is 50.7. The number of benzene rings is 4. The first-order valence-electron chi connectivity index (χ1n) is 30.4. The Labute approximate surface area is 528 Å². The standard InChI is InChI=1S/C32H38N6O4S.C31H37N5O2.C2H4Cl2O2S/c1-5-43(39,40)38-16-15-37(19-25(38)18-33-3)31-27-21-41-29(26-13-7-11-23-10-6-9-22(2)30(23)26)17-28(27)34-32(35-31)42-20-24-12-8-14-36(24)4;1-21-8-4-10-23-11-5-13-25(29(21)23)28-16-27-26(20-37-28)30(36-15-6-9-22(18-36)17-32-2)34-31(33-27)38-19-24-12-7-14-35(24)3;3-1-2-7(4,5)6/h5-7,9-11,13,24-25,29H,1,8,12,14-21H2,2,4H3;4-5,8,10-11,13,22,24,28H,6-7,9,12,14-20H2,1,3H3;1-2H2/t24-,25-,29?;22-,24-,28?;/m00./s1. The number of rotatable bonds is 16. The molecule has 0 bridgehead atoms. The van der Waals surface area contributed by atoms with Crippen LogP contribution in [0.1, 0.15) is 95.5 Å². The van der Waals surface area contributed by atoms with Gasteiger partial charge in [-0.25, -0.2) is 30.0 Å². The number of piperidine rings is 1. The van der Waals surface area contributed by atoms with Gasteiger partial charge in [0.25, 0.3) is 0 Å². The zero-order chi connectivity index (χ0) is 62.1. The quantitative estimate of drug-likeness (QED) is 0.0507. The molecule has 0 saturated carbocycles. The van der Waals surface area contributed by atoms with Crippen LogP contribution in [0.15, 0.2) is 84.8 Å². The number of fused-ring (bicyclic) bond motifs is 4. The van der Waals surface area contributed by atoms with Crippen molar-refractivity contribution >= 4 is 74.5 Å². The first-order valence-corrected chi connectivity index (χ1v) is 34.9. The summed E-state index contributed by atoms with van der Waals surface area (Å²) in [6.07, 6.45) is 7.75. The lowest BCUT2D eigenvalue weighted by atomic mass is 9.92. The van der Waals surface area contributed by atoms with Gasteiger partial charge in [0.2, 0.25) is 32.2 Å². The minimum Gasteiger partial charge on any atom is -0.462 e. The molecule has 8 heterocycles. The van der Waals surface area contributed by atoms with Gasteiger partial charge in [0.15, 0.2) is 0 Å². The Morgan fingerprint density at radius 3 is 1.58 bits per heavy atom.